The van der Waals surface area contributed by atoms with E-state index in [0.717, 1.165) is 0 Å². The van der Waals surface area contributed by atoms with E-state index < -0.39 is 12.0 Å². The number of carbonyl (C=O) groups is 3. The van der Waals surface area contributed by atoms with Gasteiger partial charge in [0.1, 0.15) is 14.7 Å². The van der Waals surface area contributed by atoms with E-state index in [1.807, 2.05) is 0 Å². The smallest absolute Gasteiger partial charge is 0.326 e. The molecule has 6 nitrogen and oxygen atoms in total. The van der Waals surface area contributed by atoms with Crippen molar-refractivity contribution in [3.05, 3.63) is 0 Å². The third-order valence-corrected chi connectivity index (χ3v) is 5.90. The van der Waals surface area contributed by atoms with E-state index in [-0.39, 0.29) is 24.0 Å². The van der Waals surface area contributed by atoms with Gasteiger partial charge in [-0.2, -0.15) is 0 Å². The van der Waals surface area contributed by atoms with Gasteiger partial charge in [-0.3, -0.25) is 19.4 Å². The van der Waals surface area contributed by atoms with Gasteiger partial charge in [0.15, 0.2) is 0 Å². The molecule has 2 saturated heterocycles. The second-order valence-electron chi connectivity index (χ2n) is 4.41. The van der Waals surface area contributed by atoms with Crippen molar-refractivity contribution in [3.8, 4) is 0 Å². The molecule has 2 heterocycles. The Morgan fingerprint density at radius 2 is 1.81 bits per heavy atom. The number of rotatable bonds is 6. The first-order chi connectivity index (χ1) is 9.91. The van der Waals surface area contributed by atoms with Gasteiger partial charge in [0.05, 0.1) is 11.5 Å². The molecule has 0 bridgehead atoms. The Hall–Kier alpha value is -0.710. The number of thioether (sulfide) groups is 2. The molecule has 1 N–H and O–H groups in total. The van der Waals surface area contributed by atoms with Gasteiger partial charge in [0, 0.05) is 6.54 Å². The molecule has 0 aromatic carbocycles. The summed E-state index contributed by atoms with van der Waals surface area (Å²) in [5.74, 6) is -0.890. The predicted molar refractivity (Wildman–Crippen MR) is 89.3 cm³/mol. The quantitative estimate of drug-likeness (QED) is 0.698. The van der Waals surface area contributed by atoms with Crippen LogP contribution in [0, 0.1) is 0 Å². The van der Waals surface area contributed by atoms with E-state index >= 15 is 0 Å². The number of thiocarbonyl (C=S) groups is 2. The van der Waals surface area contributed by atoms with Crippen LogP contribution in [0.5, 0.6) is 0 Å². The Labute approximate surface area is 140 Å². The zero-order chi connectivity index (χ0) is 15.6. The molecule has 2 rings (SSSR count). The zero-order valence-electron chi connectivity index (χ0n) is 10.8. The van der Waals surface area contributed by atoms with Crippen LogP contribution in [0.25, 0.3) is 0 Å². The summed E-state index contributed by atoms with van der Waals surface area (Å²) in [4.78, 5) is 37.3. The molecule has 114 valence electrons. The Morgan fingerprint density at radius 3 is 2.29 bits per heavy atom. The number of nitrogens with zero attached hydrogens (tertiary/aromatic N) is 2. The first-order valence-electron chi connectivity index (χ1n) is 6.10. The van der Waals surface area contributed by atoms with Crippen LogP contribution in [0.15, 0.2) is 0 Å². The average Bonchev–Trinajstić information content (AvgIpc) is 2.91. The molecule has 10 heteroatoms. The minimum Gasteiger partial charge on any atom is -0.480 e. The summed E-state index contributed by atoms with van der Waals surface area (Å²) in [6.07, 6.45) is 0.680. The molecule has 2 amide bonds. The Kier molecular flexibility index (Phi) is 5.58. The molecule has 21 heavy (non-hydrogen) atoms. The third-order valence-electron chi connectivity index (χ3n) is 3.08. The molecular formula is C11H12N2O4S4. The second-order valence-corrected chi connectivity index (χ2v) is 7.63. The van der Waals surface area contributed by atoms with Crippen molar-refractivity contribution in [2.45, 2.75) is 18.9 Å². The van der Waals surface area contributed by atoms with Crippen molar-refractivity contribution in [2.24, 2.45) is 0 Å². The molecule has 1 unspecified atom stereocenters. The normalized spacial score (nSPS) is 20.6. The average molecular weight is 364 g/mol. The lowest BCUT2D eigenvalue weighted by Crippen LogP contribution is -2.44. The molecule has 1 atom stereocenters. The van der Waals surface area contributed by atoms with Crippen LogP contribution < -0.4 is 0 Å². The number of hydrogen-bond donors (Lipinski definition) is 1. The molecule has 2 aliphatic rings. The molecule has 0 aromatic rings. The van der Waals surface area contributed by atoms with Crippen molar-refractivity contribution in [2.75, 3.05) is 18.1 Å². The summed E-state index contributed by atoms with van der Waals surface area (Å²) in [6.45, 7) is 0.371. The SMILES string of the molecule is O=C(O)C(CCCN1C(=O)CSC1=S)N1C(=O)CSC1=S. The highest BCUT2D eigenvalue weighted by Gasteiger charge is 2.37. The third kappa shape index (κ3) is 3.74. The van der Waals surface area contributed by atoms with E-state index in [2.05, 4.69) is 0 Å². The summed E-state index contributed by atoms with van der Waals surface area (Å²) < 4.78 is 0.825. The summed E-state index contributed by atoms with van der Waals surface area (Å²) in [6, 6.07) is -0.973. The molecule has 2 aliphatic heterocycles. The van der Waals surface area contributed by atoms with Crippen molar-refractivity contribution < 1.29 is 19.5 Å². The lowest BCUT2D eigenvalue weighted by Gasteiger charge is -2.24. The molecule has 0 aromatic heterocycles. The summed E-state index contributed by atoms with van der Waals surface area (Å²) in [5.41, 5.74) is 0. The predicted octanol–water partition coefficient (Wildman–Crippen LogP) is 0.940. The highest BCUT2D eigenvalue weighted by Crippen LogP contribution is 2.25. The van der Waals surface area contributed by atoms with Gasteiger partial charge in [-0.15, -0.1) is 0 Å². The van der Waals surface area contributed by atoms with Gasteiger partial charge in [0.2, 0.25) is 11.8 Å². The monoisotopic (exact) mass is 364 g/mol. The fourth-order valence-corrected chi connectivity index (χ4v) is 4.35. The largest absolute Gasteiger partial charge is 0.480 e. The van der Waals surface area contributed by atoms with Crippen LogP contribution in [0.3, 0.4) is 0 Å². The van der Waals surface area contributed by atoms with Crippen LogP contribution in [0.1, 0.15) is 12.8 Å². The molecule has 2 fully saturated rings. The van der Waals surface area contributed by atoms with E-state index in [1.165, 1.54) is 33.3 Å². The maximum absolute atomic E-state index is 11.7. The topological polar surface area (TPSA) is 77.9 Å². The molecule has 0 radical (unpaired) electrons. The molecule has 0 aliphatic carbocycles. The van der Waals surface area contributed by atoms with Crippen molar-refractivity contribution in [1.29, 1.82) is 0 Å². The second kappa shape index (κ2) is 7.03. The van der Waals surface area contributed by atoms with E-state index in [1.54, 1.807) is 0 Å². The van der Waals surface area contributed by atoms with E-state index in [9.17, 15) is 19.5 Å². The van der Waals surface area contributed by atoms with Crippen molar-refractivity contribution in [3.63, 3.8) is 0 Å². The summed E-state index contributed by atoms with van der Waals surface area (Å²) in [5, 5.41) is 9.29. The number of carboxylic acids is 1. The number of amides is 2. The Morgan fingerprint density at radius 1 is 1.19 bits per heavy atom. The maximum Gasteiger partial charge on any atom is 0.326 e. The molecule has 0 spiro atoms. The highest BCUT2D eigenvalue weighted by atomic mass is 32.2. The first kappa shape index (κ1) is 16.7. The van der Waals surface area contributed by atoms with Crippen molar-refractivity contribution >= 4 is 74.4 Å². The minimum absolute atomic E-state index is 0.0554. The van der Waals surface area contributed by atoms with Crippen LogP contribution in [0.4, 0.5) is 0 Å². The Bertz CT molecular complexity index is 492. The lowest BCUT2D eigenvalue weighted by molar-refractivity contribution is -0.146. The highest BCUT2D eigenvalue weighted by molar-refractivity contribution is 8.24. The van der Waals surface area contributed by atoms with E-state index in [0.29, 0.717) is 27.4 Å². The van der Waals surface area contributed by atoms with Gasteiger partial charge in [-0.25, -0.2) is 4.79 Å². The van der Waals surface area contributed by atoms with Crippen LogP contribution in [0.2, 0.25) is 0 Å². The number of aliphatic carboxylic acids is 1. The minimum atomic E-state index is -1.09. The zero-order valence-corrected chi connectivity index (χ0v) is 14.1. The van der Waals surface area contributed by atoms with Gasteiger partial charge in [-0.05, 0) is 12.8 Å². The van der Waals surface area contributed by atoms with Gasteiger partial charge in [0.25, 0.3) is 0 Å². The summed E-state index contributed by atoms with van der Waals surface area (Å²) >= 11 is 12.6. The van der Waals surface area contributed by atoms with Gasteiger partial charge >= 0.3 is 5.97 Å². The molecular weight excluding hydrogens is 352 g/mol. The van der Waals surface area contributed by atoms with E-state index in [4.69, 9.17) is 24.4 Å². The van der Waals surface area contributed by atoms with Crippen LogP contribution in [-0.2, 0) is 14.4 Å². The number of carboxylic acid groups (broad SMARTS) is 1. The van der Waals surface area contributed by atoms with Gasteiger partial charge < -0.3 is 5.11 Å². The van der Waals surface area contributed by atoms with Crippen LogP contribution in [-0.4, -0.2) is 65.4 Å². The van der Waals surface area contributed by atoms with Crippen LogP contribution >= 0.6 is 48.0 Å². The van der Waals surface area contributed by atoms with Gasteiger partial charge in [-0.1, -0.05) is 48.0 Å². The lowest BCUT2D eigenvalue weighted by atomic mass is 10.1. The first-order valence-corrected chi connectivity index (χ1v) is 8.89. The standard InChI is InChI=1S/C11H12N2O4S4/c14-7-4-20-10(18)12(7)3-1-2-6(9(16)17)13-8(15)5-21-11(13)19/h6H,1-5H2,(H,16,17). The Balaban J connectivity index is 1.93. The summed E-state index contributed by atoms with van der Waals surface area (Å²) in [7, 11) is 0. The number of carbonyl (C=O) groups excluding carboxylic acids is 2. The molecule has 0 saturated carbocycles. The fraction of sp³-hybridized carbons (Fsp3) is 0.545. The fourth-order valence-electron chi connectivity index (χ4n) is 2.07. The maximum atomic E-state index is 11.7. The van der Waals surface area contributed by atoms with Crippen molar-refractivity contribution in [1.82, 2.24) is 9.80 Å². The number of hydrogen-bond acceptors (Lipinski definition) is 7.